The Hall–Kier alpha value is -3.52. The third kappa shape index (κ3) is 5.80. The summed E-state index contributed by atoms with van der Waals surface area (Å²) in [6, 6.07) is 35.3. The number of benzene rings is 4. The molecule has 1 unspecified atom stereocenters. The molecule has 0 fully saturated rings. The van der Waals surface area contributed by atoms with Gasteiger partial charge in [0.25, 0.3) is 0 Å². The van der Waals surface area contributed by atoms with Crippen LogP contribution in [-0.4, -0.2) is 13.2 Å². The average molecular weight is 507 g/mol. The molecule has 0 bridgehead atoms. The van der Waals surface area contributed by atoms with Crippen LogP contribution < -0.4 is 9.47 Å². The molecule has 0 aliphatic carbocycles. The molecule has 2 nitrogen and oxygen atoms in total. The van der Waals surface area contributed by atoms with Gasteiger partial charge in [0.1, 0.15) is 11.5 Å². The zero-order chi connectivity index (χ0) is 27.2. The molecule has 198 valence electrons. The molecule has 0 aliphatic rings. The molecule has 0 heterocycles. The molecule has 38 heavy (non-hydrogen) atoms. The molecule has 0 amide bonds. The molecular weight excluding hydrogens is 464 g/mol. The lowest BCUT2D eigenvalue weighted by Crippen LogP contribution is -2.26. The molecule has 1 atom stereocenters. The Kier molecular flexibility index (Phi) is 8.62. The van der Waals surface area contributed by atoms with Crippen LogP contribution in [0.3, 0.4) is 0 Å². The van der Waals surface area contributed by atoms with Crippen LogP contribution in [0.15, 0.2) is 97.1 Å². The van der Waals surface area contributed by atoms with E-state index in [0.717, 1.165) is 37.6 Å². The average Bonchev–Trinajstić information content (AvgIpc) is 2.95. The summed E-state index contributed by atoms with van der Waals surface area (Å²) in [5.41, 5.74) is 7.21. The summed E-state index contributed by atoms with van der Waals surface area (Å²) in [6.07, 6.45) is 2.01. The number of hydrogen-bond acceptors (Lipinski definition) is 2. The van der Waals surface area contributed by atoms with Crippen molar-refractivity contribution in [3.63, 3.8) is 0 Å². The molecular formula is C36H42O2. The third-order valence-corrected chi connectivity index (χ3v) is 7.77. The van der Waals surface area contributed by atoms with Crippen molar-refractivity contribution in [2.75, 3.05) is 13.2 Å². The van der Waals surface area contributed by atoms with Gasteiger partial charge in [-0.25, -0.2) is 0 Å². The summed E-state index contributed by atoms with van der Waals surface area (Å²) in [7, 11) is 0. The van der Waals surface area contributed by atoms with Crippen molar-refractivity contribution < 1.29 is 9.47 Å². The summed E-state index contributed by atoms with van der Waals surface area (Å²) in [5.74, 6) is 1.85. The van der Waals surface area contributed by atoms with Gasteiger partial charge in [-0.1, -0.05) is 106 Å². The Morgan fingerprint density at radius 3 is 1.18 bits per heavy atom. The molecule has 0 N–H and O–H groups in total. The minimum atomic E-state index is -0.294. The van der Waals surface area contributed by atoms with E-state index in [4.69, 9.17) is 9.47 Å². The van der Waals surface area contributed by atoms with Crippen molar-refractivity contribution in [3.8, 4) is 11.5 Å². The fourth-order valence-electron chi connectivity index (χ4n) is 5.07. The van der Waals surface area contributed by atoms with Crippen LogP contribution in [0.2, 0.25) is 0 Å². The minimum absolute atomic E-state index is 0.125. The highest BCUT2D eigenvalue weighted by Gasteiger charge is 2.32. The number of aryl methyl sites for hydroxylation is 1. The van der Waals surface area contributed by atoms with E-state index in [1.807, 2.05) is 0 Å². The van der Waals surface area contributed by atoms with E-state index in [1.165, 1.54) is 33.4 Å². The maximum absolute atomic E-state index is 5.86. The predicted molar refractivity (Wildman–Crippen MR) is 160 cm³/mol. The van der Waals surface area contributed by atoms with Gasteiger partial charge in [0.15, 0.2) is 0 Å². The fraction of sp³-hybridized carbons (Fsp3) is 0.333. The van der Waals surface area contributed by atoms with Crippen LogP contribution in [0.25, 0.3) is 0 Å². The molecule has 4 rings (SSSR count). The molecule has 4 aromatic rings. The van der Waals surface area contributed by atoms with Crippen LogP contribution in [0.4, 0.5) is 0 Å². The van der Waals surface area contributed by atoms with Crippen LogP contribution in [0, 0.1) is 6.92 Å². The number of rotatable bonds is 11. The first-order valence-corrected chi connectivity index (χ1v) is 13.9. The van der Waals surface area contributed by atoms with Crippen molar-refractivity contribution in [2.24, 2.45) is 0 Å². The highest BCUT2D eigenvalue weighted by atomic mass is 16.5. The van der Waals surface area contributed by atoms with Crippen molar-refractivity contribution in [1.29, 1.82) is 0 Å². The Balaban J connectivity index is 1.68. The topological polar surface area (TPSA) is 18.5 Å². The predicted octanol–water partition coefficient (Wildman–Crippen LogP) is 9.25. The standard InChI is InChI=1S/C36H42O2/c1-7-25-37-33-21-17-29(18-22-33)35(4,5)28-13-15-31(16-14-28)36(6,30-11-9-27(3)10-12-30)32-19-23-34(24-20-32)38-26-8-2/h9-24H,7-8,25-26H2,1-6H3. The van der Waals surface area contributed by atoms with Crippen molar-refractivity contribution in [2.45, 2.75) is 65.2 Å². The normalized spacial score (nSPS) is 13.1. The van der Waals surface area contributed by atoms with Gasteiger partial charge < -0.3 is 9.47 Å². The second-order valence-corrected chi connectivity index (χ2v) is 10.9. The van der Waals surface area contributed by atoms with E-state index in [0.29, 0.717) is 0 Å². The highest BCUT2D eigenvalue weighted by molar-refractivity contribution is 5.52. The minimum Gasteiger partial charge on any atom is -0.494 e. The van der Waals surface area contributed by atoms with E-state index in [9.17, 15) is 0 Å². The Labute approximate surface area is 229 Å². The molecule has 0 saturated heterocycles. The SMILES string of the molecule is CCCOc1ccc(C(C)(C)c2ccc(C(C)(c3ccc(C)cc3)c3ccc(OCCC)cc3)cc2)cc1. The Morgan fingerprint density at radius 1 is 0.474 bits per heavy atom. The van der Waals surface area contributed by atoms with Crippen LogP contribution in [0.1, 0.15) is 80.8 Å². The van der Waals surface area contributed by atoms with Crippen molar-refractivity contribution in [1.82, 2.24) is 0 Å². The zero-order valence-corrected chi connectivity index (χ0v) is 23.9. The maximum atomic E-state index is 5.86. The maximum Gasteiger partial charge on any atom is 0.119 e. The highest BCUT2D eigenvalue weighted by Crippen LogP contribution is 2.41. The molecule has 0 aliphatic heterocycles. The zero-order valence-electron chi connectivity index (χ0n) is 23.9. The Morgan fingerprint density at radius 2 is 0.789 bits per heavy atom. The van der Waals surface area contributed by atoms with Gasteiger partial charge in [-0.15, -0.1) is 0 Å². The quantitative estimate of drug-likeness (QED) is 0.189. The van der Waals surface area contributed by atoms with E-state index < -0.39 is 0 Å². The first-order valence-electron chi connectivity index (χ1n) is 13.9. The van der Waals surface area contributed by atoms with Gasteiger partial charge in [0.2, 0.25) is 0 Å². The lowest BCUT2D eigenvalue weighted by Gasteiger charge is -2.33. The third-order valence-electron chi connectivity index (χ3n) is 7.77. The molecule has 0 saturated carbocycles. The van der Waals surface area contributed by atoms with Gasteiger partial charge in [0.05, 0.1) is 13.2 Å². The number of ether oxygens (including phenoxy) is 2. The summed E-state index contributed by atoms with van der Waals surface area (Å²) in [5, 5.41) is 0. The van der Waals surface area contributed by atoms with Gasteiger partial charge in [0, 0.05) is 10.8 Å². The fourth-order valence-corrected chi connectivity index (χ4v) is 5.07. The van der Waals surface area contributed by atoms with Gasteiger partial charge in [-0.05, 0) is 78.8 Å². The summed E-state index contributed by atoms with van der Waals surface area (Å²) in [6.45, 7) is 14.8. The summed E-state index contributed by atoms with van der Waals surface area (Å²) in [4.78, 5) is 0. The van der Waals surface area contributed by atoms with Crippen molar-refractivity contribution >= 4 is 0 Å². The second kappa shape index (κ2) is 11.9. The second-order valence-electron chi connectivity index (χ2n) is 10.9. The monoisotopic (exact) mass is 506 g/mol. The molecule has 4 aromatic carbocycles. The van der Waals surface area contributed by atoms with E-state index in [1.54, 1.807) is 0 Å². The lowest BCUT2D eigenvalue weighted by atomic mass is 9.70. The molecule has 0 radical (unpaired) electrons. The molecule has 2 heteroatoms. The smallest absolute Gasteiger partial charge is 0.119 e. The first kappa shape index (κ1) is 27.5. The first-order chi connectivity index (χ1) is 18.3. The van der Waals surface area contributed by atoms with E-state index >= 15 is 0 Å². The number of hydrogen-bond donors (Lipinski definition) is 0. The van der Waals surface area contributed by atoms with Crippen LogP contribution >= 0.6 is 0 Å². The van der Waals surface area contributed by atoms with E-state index in [2.05, 4.69) is 139 Å². The van der Waals surface area contributed by atoms with Crippen molar-refractivity contribution in [3.05, 3.63) is 130 Å². The molecule has 0 aromatic heterocycles. The van der Waals surface area contributed by atoms with Gasteiger partial charge in [-0.3, -0.25) is 0 Å². The van der Waals surface area contributed by atoms with Gasteiger partial charge in [-0.2, -0.15) is 0 Å². The van der Waals surface area contributed by atoms with E-state index in [-0.39, 0.29) is 10.8 Å². The largest absolute Gasteiger partial charge is 0.494 e. The van der Waals surface area contributed by atoms with Crippen LogP contribution in [0.5, 0.6) is 11.5 Å². The van der Waals surface area contributed by atoms with Crippen LogP contribution in [-0.2, 0) is 10.8 Å². The lowest BCUT2D eigenvalue weighted by molar-refractivity contribution is 0.317. The summed E-state index contributed by atoms with van der Waals surface area (Å²) < 4.78 is 11.7. The Bertz CT molecular complexity index is 1280. The summed E-state index contributed by atoms with van der Waals surface area (Å²) >= 11 is 0. The molecule has 0 spiro atoms. The van der Waals surface area contributed by atoms with Gasteiger partial charge >= 0.3 is 0 Å².